The molecule has 1 fully saturated rings. The fraction of sp³-hybridized carbons (Fsp3) is 0.588. The Balaban J connectivity index is 1.88. The average Bonchev–Trinajstić information content (AvgIpc) is 2.60. The number of thioether (sulfide) groups is 1. The van der Waals surface area contributed by atoms with Gasteiger partial charge in [0.15, 0.2) is 0 Å². The topological polar surface area (TPSA) is 71.5 Å². The monoisotopic (exact) mass is 385 g/mol. The smallest absolute Gasteiger partial charge is 0.245 e. The Morgan fingerprint density at radius 3 is 2.80 bits per heavy atom. The number of pyridine rings is 1. The Hall–Kier alpha value is -1.47. The van der Waals surface area contributed by atoms with E-state index in [2.05, 4.69) is 10.3 Å². The van der Waals surface area contributed by atoms with E-state index in [1.165, 1.54) is 6.92 Å². The lowest BCUT2D eigenvalue weighted by Gasteiger charge is -2.34. The lowest BCUT2D eigenvalue weighted by atomic mass is 10.1. The second-order valence-corrected chi connectivity index (χ2v) is 7.38. The van der Waals surface area contributed by atoms with Crippen molar-refractivity contribution in [3.05, 3.63) is 23.5 Å². The second kappa shape index (κ2) is 9.87. The summed E-state index contributed by atoms with van der Waals surface area (Å²) in [4.78, 5) is 29.8. The molecule has 2 amide bonds. The van der Waals surface area contributed by atoms with Crippen LogP contribution >= 0.6 is 23.4 Å². The number of nitrogens with zero attached hydrogens (tertiary/aromatic N) is 2. The van der Waals surface area contributed by atoms with E-state index in [1.807, 2.05) is 11.2 Å². The molecule has 25 heavy (non-hydrogen) atoms. The highest BCUT2D eigenvalue weighted by molar-refractivity contribution is 7.98. The molecule has 0 aromatic carbocycles. The first-order chi connectivity index (χ1) is 12.0. The summed E-state index contributed by atoms with van der Waals surface area (Å²) >= 11 is 7.73. The fourth-order valence-corrected chi connectivity index (χ4v) is 3.43. The molecule has 2 heterocycles. The van der Waals surface area contributed by atoms with E-state index in [0.717, 1.165) is 18.6 Å². The van der Waals surface area contributed by atoms with Gasteiger partial charge in [-0.3, -0.25) is 14.6 Å². The number of hydrogen-bond acceptors (Lipinski definition) is 5. The molecule has 1 saturated heterocycles. The second-order valence-electron chi connectivity index (χ2n) is 5.98. The normalized spacial score (nSPS) is 16.4. The largest absolute Gasteiger partial charge is 0.489 e. The van der Waals surface area contributed by atoms with Crippen molar-refractivity contribution in [3.63, 3.8) is 0 Å². The van der Waals surface area contributed by atoms with E-state index in [9.17, 15) is 9.59 Å². The van der Waals surface area contributed by atoms with Gasteiger partial charge >= 0.3 is 0 Å². The number of nitrogens with one attached hydrogen (secondary N) is 1. The van der Waals surface area contributed by atoms with Crippen molar-refractivity contribution in [1.82, 2.24) is 15.2 Å². The fourth-order valence-electron chi connectivity index (χ4n) is 2.79. The van der Waals surface area contributed by atoms with Crippen molar-refractivity contribution < 1.29 is 14.3 Å². The molecule has 0 bridgehead atoms. The molecule has 1 atom stereocenters. The zero-order chi connectivity index (χ0) is 18.2. The van der Waals surface area contributed by atoms with Crippen LogP contribution in [0.5, 0.6) is 5.75 Å². The van der Waals surface area contributed by atoms with Crippen molar-refractivity contribution in [2.24, 2.45) is 0 Å². The van der Waals surface area contributed by atoms with Crippen LogP contribution in [0.15, 0.2) is 18.5 Å². The predicted octanol–water partition coefficient (Wildman–Crippen LogP) is 2.36. The Kier molecular flexibility index (Phi) is 7.84. The molecule has 0 radical (unpaired) electrons. The van der Waals surface area contributed by atoms with Gasteiger partial charge in [0.25, 0.3) is 0 Å². The molecule has 138 valence electrons. The van der Waals surface area contributed by atoms with Crippen LogP contribution < -0.4 is 10.1 Å². The quantitative estimate of drug-likeness (QED) is 0.780. The third-order valence-corrected chi connectivity index (χ3v) is 5.00. The summed E-state index contributed by atoms with van der Waals surface area (Å²) in [5.41, 5.74) is 0. The van der Waals surface area contributed by atoms with Gasteiger partial charge in [0, 0.05) is 51.3 Å². The standard InChI is InChI=1S/C17H24ClN3O3S/c1-12(22)20-15(6-10-25-2)17(23)21-8-4-13(5-9-21)24-16-3-7-19-11-14(16)18/h3,7,11,13,15H,4-6,8-10H2,1-2H3,(H,20,22)/t15-/m0/s1. The molecule has 0 unspecified atom stereocenters. The van der Waals surface area contributed by atoms with Gasteiger partial charge in [-0.1, -0.05) is 11.6 Å². The maximum absolute atomic E-state index is 12.7. The van der Waals surface area contributed by atoms with E-state index in [4.69, 9.17) is 16.3 Å². The molecular formula is C17H24ClN3O3S. The van der Waals surface area contributed by atoms with E-state index >= 15 is 0 Å². The number of likely N-dealkylation sites (tertiary alicyclic amines) is 1. The molecule has 0 saturated carbocycles. The lowest BCUT2D eigenvalue weighted by Crippen LogP contribution is -2.51. The lowest BCUT2D eigenvalue weighted by molar-refractivity contribution is -0.137. The van der Waals surface area contributed by atoms with E-state index in [1.54, 1.807) is 30.2 Å². The third-order valence-electron chi connectivity index (χ3n) is 4.07. The number of amides is 2. The van der Waals surface area contributed by atoms with Gasteiger partial charge in [-0.25, -0.2) is 0 Å². The predicted molar refractivity (Wildman–Crippen MR) is 100 cm³/mol. The first-order valence-corrected chi connectivity index (χ1v) is 10.1. The van der Waals surface area contributed by atoms with Crippen molar-refractivity contribution >= 4 is 35.2 Å². The maximum atomic E-state index is 12.7. The number of carbonyl (C=O) groups excluding carboxylic acids is 2. The van der Waals surface area contributed by atoms with E-state index in [-0.39, 0.29) is 17.9 Å². The van der Waals surface area contributed by atoms with Crippen LogP contribution in [0.25, 0.3) is 0 Å². The van der Waals surface area contributed by atoms with Crippen molar-refractivity contribution in [2.45, 2.75) is 38.3 Å². The zero-order valence-corrected chi connectivity index (χ0v) is 16.1. The van der Waals surface area contributed by atoms with E-state index in [0.29, 0.717) is 30.3 Å². The van der Waals surface area contributed by atoms with Gasteiger partial charge in [0.1, 0.15) is 22.9 Å². The van der Waals surface area contributed by atoms with Crippen molar-refractivity contribution in [1.29, 1.82) is 0 Å². The van der Waals surface area contributed by atoms with Gasteiger partial charge in [-0.15, -0.1) is 0 Å². The Morgan fingerprint density at radius 1 is 1.48 bits per heavy atom. The van der Waals surface area contributed by atoms with Crippen LogP contribution in [0.1, 0.15) is 26.2 Å². The summed E-state index contributed by atoms with van der Waals surface area (Å²) in [5, 5.41) is 3.26. The zero-order valence-electron chi connectivity index (χ0n) is 14.5. The molecular weight excluding hydrogens is 362 g/mol. The highest BCUT2D eigenvalue weighted by atomic mass is 35.5. The highest BCUT2D eigenvalue weighted by Crippen LogP contribution is 2.26. The minimum Gasteiger partial charge on any atom is -0.489 e. The van der Waals surface area contributed by atoms with Crippen molar-refractivity contribution in [3.8, 4) is 5.75 Å². The SMILES string of the molecule is CSCC[C@H](NC(C)=O)C(=O)N1CCC(Oc2ccncc2Cl)CC1. The highest BCUT2D eigenvalue weighted by Gasteiger charge is 2.29. The van der Waals surface area contributed by atoms with Crippen LogP contribution in [0.3, 0.4) is 0 Å². The third kappa shape index (κ3) is 6.08. The van der Waals surface area contributed by atoms with Gasteiger partial charge in [-0.05, 0) is 18.4 Å². The first-order valence-electron chi connectivity index (χ1n) is 8.32. The van der Waals surface area contributed by atoms with Gasteiger partial charge in [0.05, 0.1) is 0 Å². The van der Waals surface area contributed by atoms with Crippen molar-refractivity contribution in [2.75, 3.05) is 25.1 Å². The number of aromatic nitrogens is 1. The molecule has 0 aliphatic carbocycles. The first kappa shape index (κ1) is 19.8. The number of halogens is 1. The van der Waals surface area contributed by atoms with E-state index < -0.39 is 6.04 Å². The molecule has 1 aliphatic heterocycles. The average molecular weight is 386 g/mol. The minimum absolute atomic E-state index is 0.00959. The number of piperidine rings is 1. The molecule has 1 aromatic rings. The number of ether oxygens (including phenoxy) is 1. The number of carbonyl (C=O) groups is 2. The van der Waals surface area contributed by atoms with Gasteiger partial charge in [0.2, 0.25) is 11.8 Å². The minimum atomic E-state index is -0.447. The van der Waals surface area contributed by atoms with Crippen LogP contribution in [-0.2, 0) is 9.59 Å². The van der Waals surface area contributed by atoms with Crippen LogP contribution in [0.4, 0.5) is 0 Å². The van der Waals surface area contributed by atoms with Crippen LogP contribution in [-0.4, -0.2) is 58.9 Å². The Bertz CT molecular complexity index is 594. The molecule has 2 rings (SSSR count). The molecule has 1 aliphatic rings. The summed E-state index contributed by atoms with van der Waals surface area (Å²) in [7, 11) is 0. The summed E-state index contributed by atoms with van der Waals surface area (Å²) < 4.78 is 5.92. The summed E-state index contributed by atoms with van der Waals surface area (Å²) in [6.07, 6.45) is 7.32. The number of hydrogen-bond donors (Lipinski definition) is 1. The summed E-state index contributed by atoms with van der Waals surface area (Å²) in [6.45, 7) is 2.67. The van der Waals surface area contributed by atoms with Gasteiger partial charge in [-0.2, -0.15) is 11.8 Å². The maximum Gasteiger partial charge on any atom is 0.245 e. The Labute approximate surface area is 157 Å². The van der Waals surface area contributed by atoms with Crippen LogP contribution in [0.2, 0.25) is 5.02 Å². The molecule has 1 N–H and O–H groups in total. The summed E-state index contributed by atoms with van der Waals surface area (Å²) in [6, 6.07) is 1.30. The summed E-state index contributed by atoms with van der Waals surface area (Å²) in [5.74, 6) is 1.27. The molecule has 8 heteroatoms. The molecule has 1 aromatic heterocycles. The number of rotatable bonds is 7. The Morgan fingerprint density at radius 2 is 2.20 bits per heavy atom. The molecule has 0 spiro atoms. The van der Waals surface area contributed by atoms with Gasteiger partial charge < -0.3 is 15.0 Å². The molecule has 6 nitrogen and oxygen atoms in total. The van der Waals surface area contributed by atoms with Crippen LogP contribution in [0, 0.1) is 0 Å².